The minimum Gasteiger partial charge on any atom is -0.370 e. The number of H-pyrrole nitrogens is 1. The second kappa shape index (κ2) is 40.4. The minimum absolute atomic E-state index is 0.0692. The highest BCUT2D eigenvalue weighted by atomic mass is 32.2. The Hall–Kier alpha value is -9.37. The zero-order chi connectivity index (χ0) is 72.0. The summed E-state index contributed by atoms with van der Waals surface area (Å²) in [5, 5.41) is 21.9. The van der Waals surface area contributed by atoms with Crippen LogP contribution in [0.5, 0.6) is 0 Å². The number of para-hydroxylation sites is 1. The molecule has 2 fully saturated rings. The number of unbranched alkanes of at least 4 members (excludes halogenated alkanes) is 1. The standard InChI is InChI=1S/C65H99N19O13S/c1-37(2)32-47(59(92)77-43(55(70)88)26-31-98-3)76-54(87)36-75-56(89)48(33-38-14-5-4-6-15-38)81-60(93)49(34-39-35-74-42-18-8-7-16-40(39)42)82-58(91)44(22-24-52(68)85)78-57(90)45(23-25-53(69)86)79-61(94)51-21-13-30-84(51)64(97)46(19-9-10-27-66)80-62(95)50-20-12-29-83(50)63(96)41(67)17-11-28-73-65(71)72/h4-8,14-16,18,35,37,41,43-51,74H,9-13,17,19-34,36,66-67H2,1-3H3,(H2,68,85)(H2,69,86)(H2,70,88)(H,75,89)(H,76,87)(H,77,92)(H,78,90)(H,79,94)(H,80,95)(H,81,93)(H,82,91)(H4,71,72,73)/t41-,43-,44-,45-,46-,47-,48-,49+,50-,51-/m0/s1. The van der Waals surface area contributed by atoms with E-state index in [0.29, 0.717) is 66.3 Å². The number of rotatable bonds is 42. The fourth-order valence-electron chi connectivity index (χ4n) is 11.7. The molecule has 0 spiro atoms. The lowest BCUT2D eigenvalue weighted by molar-refractivity contribution is -0.144. The van der Waals surface area contributed by atoms with E-state index in [9.17, 15) is 62.3 Å². The van der Waals surface area contributed by atoms with Gasteiger partial charge in [0.1, 0.15) is 54.4 Å². The van der Waals surface area contributed by atoms with E-state index in [4.69, 9.17) is 40.1 Å². The zero-order valence-corrected chi connectivity index (χ0v) is 56.8. The van der Waals surface area contributed by atoms with Gasteiger partial charge in [-0.1, -0.05) is 62.4 Å². The monoisotopic (exact) mass is 1390 g/mol. The second-order valence-corrected chi connectivity index (χ2v) is 26.0. The first-order valence-corrected chi connectivity index (χ1v) is 34.6. The number of guanidine groups is 1. The summed E-state index contributed by atoms with van der Waals surface area (Å²) >= 11 is 1.45. The molecule has 2 saturated heterocycles. The molecule has 2 aromatic carbocycles. The van der Waals surface area contributed by atoms with Crippen LogP contribution >= 0.6 is 11.8 Å². The quantitative estimate of drug-likeness (QED) is 0.0151. The number of benzene rings is 2. The van der Waals surface area contributed by atoms with Crippen LogP contribution in [-0.2, 0) is 75.2 Å². The fourth-order valence-corrected chi connectivity index (χ4v) is 12.2. The van der Waals surface area contributed by atoms with E-state index in [0.717, 1.165) is 0 Å². The minimum atomic E-state index is -1.66. The molecule has 98 heavy (non-hydrogen) atoms. The van der Waals surface area contributed by atoms with E-state index in [1.807, 2.05) is 20.1 Å². The summed E-state index contributed by atoms with van der Waals surface area (Å²) in [6.45, 7) is 3.85. The van der Waals surface area contributed by atoms with Crippen LogP contribution in [0, 0.1) is 5.92 Å². The highest BCUT2D eigenvalue weighted by Crippen LogP contribution is 2.24. The van der Waals surface area contributed by atoms with Crippen LogP contribution in [0.4, 0.5) is 0 Å². The molecule has 3 heterocycles. The van der Waals surface area contributed by atoms with Gasteiger partial charge in [-0.3, -0.25) is 67.3 Å². The van der Waals surface area contributed by atoms with Gasteiger partial charge in [-0.05, 0) is 125 Å². The van der Waals surface area contributed by atoms with Gasteiger partial charge in [0.05, 0.1) is 12.6 Å². The van der Waals surface area contributed by atoms with Crippen molar-refractivity contribution >= 4 is 105 Å². The molecule has 2 aliphatic heterocycles. The number of nitrogens with zero attached hydrogens (tertiary/aromatic N) is 3. The zero-order valence-electron chi connectivity index (χ0n) is 56.0. The number of thioether (sulfide) groups is 1. The summed E-state index contributed by atoms with van der Waals surface area (Å²) < 4.78 is 0. The number of carbonyl (C=O) groups is 13. The molecule has 0 unspecified atom stereocenters. The number of carbonyl (C=O) groups excluding carboxylic acids is 13. The predicted molar refractivity (Wildman–Crippen MR) is 367 cm³/mol. The molecule has 23 N–H and O–H groups in total. The van der Waals surface area contributed by atoms with Crippen LogP contribution < -0.4 is 82.7 Å². The van der Waals surface area contributed by atoms with Crippen molar-refractivity contribution < 1.29 is 62.3 Å². The van der Waals surface area contributed by atoms with E-state index < -0.39 is 169 Å². The van der Waals surface area contributed by atoms with E-state index in [-0.39, 0.29) is 83.0 Å². The maximum atomic E-state index is 14.9. The topological polar surface area (TPSA) is 535 Å². The Balaban J connectivity index is 1.37. The number of likely N-dealkylation sites (tertiary alicyclic amines) is 2. The number of amides is 13. The number of nitrogens with one attached hydrogen (secondary N) is 9. The number of hydrogen-bond donors (Lipinski definition) is 16. The number of hydrogen-bond acceptors (Lipinski definition) is 17. The Morgan fingerprint density at radius 3 is 1.70 bits per heavy atom. The smallest absolute Gasteiger partial charge is 0.245 e. The third kappa shape index (κ3) is 25.6. The lowest BCUT2D eigenvalue weighted by Gasteiger charge is -2.32. The van der Waals surface area contributed by atoms with E-state index in [2.05, 4.69) is 52.5 Å². The summed E-state index contributed by atoms with van der Waals surface area (Å²) in [5.41, 5.74) is 41.4. The second-order valence-electron chi connectivity index (χ2n) is 25.0. The van der Waals surface area contributed by atoms with Crippen LogP contribution in [0.15, 0.2) is 65.8 Å². The van der Waals surface area contributed by atoms with Crippen molar-refractivity contribution in [2.75, 3.05) is 44.7 Å². The first kappa shape index (κ1) is 79.3. The molecule has 1 aromatic heterocycles. The van der Waals surface area contributed by atoms with Gasteiger partial charge < -0.3 is 97.5 Å². The molecule has 0 saturated carbocycles. The van der Waals surface area contributed by atoms with Crippen molar-refractivity contribution in [2.45, 2.75) is 183 Å². The highest BCUT2D eigenvalue weighted by molar-refractivity contribution is 7.98. The van der Waals surface area contributed by atoms with Gasteiger partial charge in [0, 0.05) is 62.4 Å². The molecular weight excluding hydrogens is 1290 g/mol. The largest absolute Gasteiger partial charge is 0.370 e. The first-order chi connectivity index (χ1) is 46.7. The Morgan fingerprint density at radius 1 is 0.582 bits per heavy atom. The van der Waals surface area contributed by atoms with Crippen LogP contribution in [0.25, 0.3) is 10.9 Å². The Bertz CT molecular complexity index is 3280. The molecular formula is C65H99N19O13S. The summed E-state index contributed by atoms with van der Waals surface area (Å²) in [6, 6.07) is 3.05. The Morgan fingerprint density at radius 2 is 1.12 bits per heavy atom. The van der Waals surface area contributed by atoms with E-state index >= 15 is 0 Å². The SMILES string of the molecule is CSCC[C@H](NC(=O)[C@H](CC(C)C)NC(=O)CNC(=O)[C@H](Cc1ccccc1)NC(=O)[C@@H](Cc1c[nH]c2ccccc12)NC(=O)[C@H](CCC(N)=O)NC(=O)[C@H](CCC(N)=O)NC(=O)[C@@H]1CCCN1C(=O)[C@H](CCCCN)NC(=O)[C@@H]1CCCN1C(=O)[C@@H](N)CCCN=C(N)N)C(N)=O. The predicted octanol–water partition coefficient (Wildman–Crippen LogP) is -3.23. The molecule has 2 aliphatic rings. The number of aromatic amines is 1. The molecule has 5 rings (SSSR count). The summed E-state index contributed by atoms with van der Waals surface area (Å²) in [5.74, 6) is -9.88. The first-order valence-electron chi connectivity index (χ1n) is 33.2. The molecule has 10 atom stereocenters. The molecule has 0 bridgehead atoms. The van der Waals surface area contributed by atoms with Crippen LogP contribution in [0.2, 0.25) is 0 Å². The average Bonchev–Trinajstić information content (AvgIpc) is 1.69. The molecule has 33 heteroatoms. The molecule has 3 aromatic rings. The normalized spacial score (nSPS) is 16.8. The van der Waals surface area contributed by atoms with Crippen molar-refractivity contribution in [2.24, 2.45) is 51.0 Å². The van der Waals surface area contributed by atoms with Crippen molar-refractivity contribution in [3.63, 3.8) is 0 Å². The Kier molecular flexibility index (Phi) is 32.7. The highest BCUT2D eigenvalue weighted by Gasteiger charge is 2.42. The van der Waals surface area contributed by atoms with Gasteiger partial charge in [-0.25, -0.2) is 0 Å². The lowest BCUT2D eigenvalue weighted by atomic mass is 10.0. The van der Waals surface area contributed by atoms with Crippen molar-refractivity contribution in [1.29, 1.82) is 0 Å². The fraction of sp³-hybridized carbons (Fsp3) is 0.569. The molecule has 13 amide bonds. The van der Waals surface area contributed by atoms with Crippen LogP contribution in [-0.4, -0.2) is 203 Å². The molecule has 0 aliphatic carbocycles. The Labute approximate surface area is 573 Å². The summed E-state index contributed by atoms with van der Waals surface area (Å²) in [6.07, 6.45) is 4.62. The number of fused-ring (bicyclic) bond motifs is 1. The van der Waals surface area contributed by atoms with Gasteiger partial charge in [0.15, 0.2) is 5.96 Å². The average molecular weight is 1390 g/mol. The van der Waals surface area contributed by atoms with Crippen molar-refractivity contribution in [1.82, 2.24) is 57.3 Å². The van der Waals surface area contributed by atoms with Gasteiger partial charge >= 0.3 is 0 Å². The van der Waals surface area contributed by atoms with Crippen LogP contribution in [0.1, 0.15) is 121 Å². The third-order valence-electron chi connectivity index (χ3n) is 16.8. The number of aliphatic imine (C=N–C) groups is 1. The molecule has 538 valence electrons. The van der Waals surface area contributed by atoms with E-state index in [1.54, 1.807) is 60.8 Å². The molecule has 32 nitrogen and oxygen atoms in total. The number of nitrogens with two attached hydrogens (primary N) is 7. The number of primary amides is 3. The maximum Gasteiger partial charge on any atom is 0.245 e. The van der Waals surface area contributed by atoms with Gasteiger partial charge in [0.2, 0.25) is 76.8 Å². The van der Waals surface area contributed by atoms with Crippen LogP contribution in [0.3, 0.4) is 0 Å². The van der Waals surface area contributed by atoms with Gasteiger partial charge in [0.25, 0.3) is 0 Å². The third-order valence-corrected chi connectivity index (χ3v) is 17.5. The van der Waals surface area contributed by atoms with Crippen molar-refractivity contribution in [3.05, 3.63) is 71.9 Å². The maximum absolute atomic E-state index is 14.9. The van der Waals surface area contributed by atoms with Crippen molar-refractivity contribution in [3.8, 4) is 0 Å². The van der Waals surface area contributed by atoms with Gasteiger partial charge in [-0.15, -0.1) is 0 Å². The summed E-state index contributed by atoms with van der Waals surface area (Å²) in [4.78, 5) is 189. The number of aromatic nitrogens is 1. The van der Waals surface area contributed by atoms with Gasteiger partial charge in [-0.2, -0.15) is 11.8 Å². The lowest BCUT2D eigenvalue weighted by Crippen LogP contribution is -2.60. The molecule has 0 radical (unpaired) electrons. The van der Waals surface area contributed by atoms with E-state index in [1.165, 1.54) is 21.6 Å². The summed E-state index contributed by atoms with van der Waals surface area (Å²) in [7, 11) is 0.